The first-order chi connectivity index (χ1) is 13.3. The van der Waals surface area contributed by atoms with Gasteiger partial charge in [-0.2, -0.15) is 0 Å². The SMILES string of the molecule is O=C(NCCc1c[nH]c2ccccc12)c1ccnc(N2CCCCCC2)c1. The van der Waals surface area contributed by atoms with Crippen LogP contribution in [-0.2, 0) is 6.42 Å². The Balaban J connectivity index is 1.37. The number of anilines is 1. The maximum absolute atomic E-state index is 12.6. The molecule has 2 aromatic heterocycles. The predicted octanol–water partition coefficient (Wildman–Crippen LogP) is 3.92. The van der Waals surface area contributed by atoms with E-state index in [0.29, 0.717) is 12.1 Å². The minimum atomic E-state index is -0.0340. The molecule has 1 saturated heterocycles. The molecule has 0 spiro atoms. The van der Waals surface area contributed by atoms with Gasteiger partial charge in [0.25, 0.3) is 5.91 Å². The second-order valence-electron chi connectivity index (χ2n) is 7.17. The average molecular weight is 362 g/mol. The van der Waals surface area contributed by atoms with E-state index in [9.17, 15) is 4.79 Å². The van der Waals surface area contributed by atoms with Crippen LogP contribution in [0, 0.1) is 0 Å². The summed E-state index contributed by atoms with van der Waals surface area (Å²) in [6.07, 6.45) is 9.54. The quantitative estimate of drug-likeness (QED) is 0.723. The Hall–Kier alpha value is -2.82. The molecule has 0 bridgehead atoms. The van der Waals surface area contributed by atoms with E-state index in [-0.39, 0.29) is 5.91 Å². The lowest BCUT2D eigenvalue weighted by molar-refractivity contribution is 0.0954. The van der Waals surface area contributed by atoms with Gasteiger partial charge in [0.1, 0.15) is 5.82 Å². The number of para-hydroxylation sites is 1. The first-order valence-corrected chi connectivity index (χ1v) is 9.85. The lowest BCUT2D eigenvalue weighted by atomic mass is 10.1. The van der Waals surface area contributed by atoms with Gasteiger partial charge in [0, 0.05) is 48.5 Å². The van der Waals surface area contributed by atoms with Gasteiger partial charge in [0.2, 0.25) is 0 Å². The fourth-order valence-electron chi connectivity index (χ4n) is 3.78. The molecule has 27 heavy (non-hydrogen) atoms. The maximum atomic E-state index is 12.6. The molecule has 0 unspecified atom stereocenters. The maximum Gasteiger partial charge on any atom is 0.251 e. The van der Waals surface area contributed by atoms with Gasteiger partial charge in [-0.05, 0) is 43.0 Å². The molecule has 0 atom stereocenters. The highest BCUT2D eigenvalue weighted by Crippen LogP contribution is 2.19. The van der Waals surface area contributed by atoms with E-state index >= 15 is 0 Å². The lowest BCUT2D eigenvalue weighted by Crippen LogP contribution is -2.27. The van der Waals surface area contributed by atoms with Gasteiger partial charge in [0.05, 0.1) is 0 Å². The van der Waals surface area contributed by atoms with E-state index < -0.39 is 0 Å². The van der Waals surface area contributed by atoms with Crippen LogP contribution in [0.25, 0.3) is 10.9 Å². The Bertz CT molecular complexity index is 909. The summed E-state index contributed by atoms with van der Waals surface area (Å²) in [6, 6.07) is 12.0. The summed E-state index contributed by atoms with van der Waals surface area (Å²) < 4.78 is 0. The third-order valence-corrected chi connectivity index (χ3v) is 5.29. The van der Waals surface area contributed by atoms with Gasteiger partial charge >= 0.3 is 0 Å². The van der Waals surface area contributed by atoms with Crippen molar-refractivity contribution >= 4 is 22.6 Å². The van der Waals surface area contributed by atoms with E-state index in [0.717, 1.165) is 30.8 Å². The predicted molar refractivity (Wildman–Crippen MR) is 109 cm³/mol. The number of rotatable bonds is 5. The topological polar surface area (TPSA) is 61.0 Å². The number of benzene rings is 1. The summed E-state index contributed by atoms with van der Waals surface area (Å²) in [5.41, 5.74) is 3.05. The summed E-state index contributed by atoms with van der Waals surface area (Å²) in [6.45, 7) is 2.67. The molecule has 3 heterocycles. The Morgan fingerprint density at radius 3 is 2.78 bits per heavy atom. The van der Waals surface area contributed by atoms with Crippen molar-refractivity contribution in [1.29, 1.82) is 0 Å². The monoisotopic (exact) mass is 362 g/mol. The summed E-state index contributed by atoms with van der Waals surface area (Å²) in [7, 11) is 0. The van der Waals surface area contributed by atoms with Gasteiger partial charge in [0.15, 0.2) is 0 Å². The van der Waals surface area contributed by atoms with E-state index in [1.807, 2.05) is 24.4 Å². The Morgan fingerprint density at radius 1 is 1.11 bits per heavy atom. The van der Waals surface area contributed by atoms with Crippen molar-refractivity contribution in [3.05, 3.63) is 59.9 Å². The number of hydrogen-bond acceptors (Lipinski definition) is 3. The summed E-state index contributed by atoms with van der Waals surface area (Å²) in [4.78, 5) is 22.6. The van der Waals surface area contributed by atoms with Crippen molar-refractivity contribution in [2.75, 3.05) is 24.5 Å². The summed E-state index contributed by atoms with van der Waals surface area (Å²) >= 11 is 0. The molecule has 1 amide bonds. The van der Waals surface area contributed by atoms with Crippen LogP contribution in [-0.4, -0.2) is 35.5 Å². The zero-order valence-corrected chi connectivity index (χ0v) is 15.6. The minimum absolute atomic E-state index is 0.0340. The highest BCUT2D eigenvalue weighted by Gasteiger charge is 2.13. The van der Waals surface area contributed by atoms with Crippen molar-refractivity contribution < 1.29 is 4.79 Å². The molecule has 5 heteroatoms. The van der Waals surface area contributed by atoms with Crippen LogP contribution in [0.5, 0.6) is 0 Å². The number of aromatic nitrogens is 2. The van der Waals surface area contributed by atoms with Crippen LogP contribution in [0.3, 0.4) is 0 Å². The number of amides is 1. The molecule has 0 radical (unpaired) electrons. The van der Waals surface area contributed by atoms with Gasteiger partial charge in [-0.15, -0.1) is 0 Å². The second kappa shape index (κ2) is 8.25. The molecule has 4 rings (SSSR count). The first-order valence-electron chi connectivity index (χ1n) is 9.85. The largest absolute Gasteiger partial charge is 0.361 e. The second-order valence-corrected chi connectivity index (χ2v) is 7.17. The normalized spacial score (nSPS) is 14.9. The van der Waals surface area contributed by atoms with Crippen molar-refractivity contribution in [1.82, 2.24) is 15.3 Å². The first kappa shape index (κ1) is 17.6. The third kappa shape index (κ3) is 4.13. The van der Waals surface area contributed by atoms with Crippen molar-refractivity contribution in [3.8, 4) is 0 Å². The lowest BCUT2D eigenvalue weighted by Gasteiger charge is -2.21. The average Bonchev–Trinajstić information content (AvgIpc) is 2.93. The van der Waals surface area contributed by atoms with Crippen molar-refractivity contribution in [2.24, 2.45) is 0 Å². The summed E-state index contributed by atoms with van der Waals surface area (Å²) in [5, 5.41) is 4.27. The molecular weight excluding hydrogens is 336 g/mol. The highest BCUT2D eigenvalue weighted by molar-refractivity contribution is 5.94. The van der Waals surface area contributed by atoms with Crippen LogP contribution in [0.4, 0.5) is 5.82 Å². The fourth-order valence-corrected chi connectivity index (χ4v) is 3.78. The zero-order valence-electron chi connectivity index (χ0n) is 15.6. The number of carbonyl (C=O) groups excluding carboxylic acids is 1. The number of pyridine rings is 1. The number of nitrogens with zero attached hydrogens (tertiary/aromatic N) is 2. The molecule has 1 fully saturated rings. The number of fused-ring (bicyclic) bond motifs is 1. The zero-order chi connectivity index (χ0) is 18.5. The smallest absolute Gasteiger partial charge is 0.251 e. The molecule has 0 saturated carbocycles. The van der Waals surface area contributed by atoms with E-state index in [2.05, 4.69) is 32.3 Å². The molecule has 1 aliphatic rings. The molecule has 1 aliphatic heterocycles. The van der Waals surface area contributed by atoms with Gasteiger partial charge in [-0.3, -0.25) is 4.79 Å². The van der Waals surface area contributed by atoms with Crippen LogP contribution in [0.1, 0.15) is 41.6 Å². The number of carbonyl (C=O) groups is 1. The van der Waals surface area contributed by atoms with E-state index in [1.165, 1.54) is 36.6 Å². The minimum Gasteiger partial charge on any atom is -0.361 e. The number of nitrogens with one attached hydrogen (secondary N) is 2. The Kier molecular flexibility index (Phi) is 5.37. The summed E-state index contributed by atoms with van der Waals surface area (Å²) in [5.74, 6) is 0.884. The number of hydrogen-bond donors (Lipinski definition) is 2. The Labute approximate surface area is 159 Å². The van der Waals surface area contributed by atoms with Gasteiger partial charge < -0.3 is 15.2 Å². The molecule has 0 aliphatic carbocycles. The van der Waals surface area contributed by atoms with Gasteiger partial charge in [-0.25, -0.2) is 4.98 Å². The highest BCUT2D eigenvalue weighted by atomic mass is 16.1. The Morgan fingerprint density at radius 2 is 1.93 bits per heavy atom. The van der Waals surface area contributed by atoms with Crippen molar-refractivity contribution in [2.45, 2.75) is 32.1 Å². The van der Waals surface area contributed by atoms with E-state index in [4.69, 9.17) is 0 Å². The molecule has 5 nitrogen and oxygen atoms in total. The van der Waals surface area contributed by atoms with Crippen LogP contribution in [0.15, 0.2) is 48.8 Å². The molecule has 140 valence electrons. The van der Waals surface area contributed by atoms with Crippen LogP contribution in [0.2, 0.25) is 0 Å². The van der Waals surface area contributed by atoms with E-state index in [1.54, 1.807) is 12.3 Å². The third-order valence-electron chi connectivity index (χ3n) is 5.29. The molecule has 2 N–H and O–H groups in total. The molecule has 1 aromatic carbocycles. The van der Waals surface area contributed by atoms with Crippen LogP contribution >= 0.6 is 0 Å². The fraction of sp³-hybridized carbons (Fsp3) is 0.364. The standard InChI is InChI=1S/C22H26N4O/c27-22(24-12-10-18-16-25-20-8-4-3-7-19(18)20)17-9-11-23-21(15-17)26-13-5-1-2-6-14-26/h3-4,7-9,11,15-16,25H,1-2,5-6,10,12-14H2,(H,24,27). The number of H-pyrrole nitrogens is 1. The van der Waals surface area contributed by atoms with Crippen LogP contribution < -0.4 is 10.2 Å². The molecular formula is C22H26N4O. The number of aromatic amines is 1. The van der Waals surface area contributed by atoms with Gasteiger partial charge in [-0.1, -0.05) is 31.0 Å². The van der Waals surface area contributed by atoms with Crippen molar-refractivity contribution in [3.63, 3.8) is 0 Å². The molecule has 3 aromatic rings.